The Morgan fingerprint density at radius 2 is 2.43 bits per heavy atom. The molecule has 3 nitrogen and oxygen atoms in total. The minimum Gasteiger partial charge on any atom is -0.368 e. The third kappa shape index (κ3) is 3.08. The molecule has 1 heterocycles. The molecular formula is C9H13BrN2OS. The van der Waals surface area contributed by atoms with Crippen LogP contribution in [0.25, 0.3) is 0 Å². The molecule has 14 heavy (non-hydrogen) atoms. The van der Waals surface area contributed by atoms with Crippen LogP contribution in [0.5, 0.6) is 0 Å². The fraction of sp³-hybridized carbons (Fsp3) is 0.444. The molecule has 0 aliphatic carbocycles. The van der Waals surface area contributed by atoms with E-state index in [0.717, 1.165) is 11.0 Å². The number of amides is 1. The van der Waals surface area contributed by atoms with Crippen molar-refractivity contribution >= 4 is 33.2 Å². The van der Waals surface area contributed by atoms with Gasteiger partial charge in [-0.15, -0.1) is 11.3 Å². The maximum absolute atomic E-state index is 10.9. The van der Waals surface area contributed by atoms with E-state index in [0.29, 0.717) is 0 Å². The van der Waals surface area contributed by atoms with Gasteiger partial charge in [-0.05, 0) is 36.0 Å². The molecule has 0 radical (unpaired) electrons. The molecule has 1 atom stereocenters. The van der Waals surface area contributed by atoms with E-state index >= 15 is 0 Å². The maximum Gasteiger partial charge on any atom is 0.234 e. The lowest BCUT2D eigenvalue weighted by Crippen LogP contribution is -2.39. The summed E-state index contributed by atoms with van der Waals surface area (Å²) in [7, 11) is 1.89. The summed E-state index contributed by atoms with van der Waals surface area (Å²) in [5.41, 5.74) is 5.21. The monoisotopic (exact) mass is 276 g/mol. The van der Waals surface area contributed by atoms with Gasteiger partial charge in [-0.25, -0.2) is 0 Å². The number of primary amides is 1. The molecule has 1 aromatic heterocycles. The van der Waals surface area contributed by atoms with E-state index in [1.165, 1.54) is 4.88 Å². The van der Waals surface area contributed by atoms with Crippen LogP contribution in [0.4, 0.5) is 0 Å². The zero-order valence-electron chi connectivity index (χ0n) is 8.16. The van der Waals surface area contributed by atoms with Gasteiger partial charge in [0, 0.05) is 21.3 Å². The van der Waals surface area contributed by atoms with Crippen molar-refractivity contribution in [2.45, 2.75) is 19.5 Å². The summed E-state index contributed by atoms with van der Waals surface area (Å²) < 4.78 is 1.08. The normalized spacial score (nSPS) is 13.1. The Hall–Kier alpha value is -0.390. The standard InChI is InChI=1S/C9H13BrN2OS/c1-6(9(11)13)12(2)4-8-3-7(10)5-14-8/h3,5-6H,4H2,1-2H3,(H2,11,13)/t6-/m1/s1. The van der Waals surface area contributed by atoms with E-state index in [1.54, 1.807) is 11.3 Å². The van der Waals surface area contributed by atoms with Gasteiger partial charge >= 0.3 is 0 Å². The van der Waals surface area contributed by atoms with E-state index in [-0.39, 0.29) is 11.9 Å². The average molecular weight is 277 g/mol. The Kier molecular flexibility index (Phi) is 4.10. The second-order valence-electron chi connectivity index (χ2n) is 3.22. The number of rotatable bonds is 4. The third-order valence-corrected chi connectivity index (χ3v) is 3.78. The third-order valence-electron chi connectivity index (χ3n) is 2.10. The second kappa shape index (κ2) is 4.91. The first-order chi connectivity index (χ1) is 6.50. The first-order valence-corrected chi connectivity index (χ1v) is 5.90. The zero-order valence-corrected chi connectivity index (χ0v) is 10.6. The van der Waals surface area contributed by atoms with Crippen LogP contribution >= 0.6 is 27.3 Å². The molecule has 2 N–H and O–H groups in total. The molecule has 0 saturated carbocycles. The van der Waals surface area contributed by atoms with Crippen molar-refractivity contribution in [1.82, 2.24) is 4.90 Å². The van der Waals surface area contributed by atoms with Gasteiger partial charge in [0.1, 0.15) is 0 Å². The van der Waals surface area contributed by atoms with Crippen LogP contribution in [0.2, 0.25) is 0 Å². The summed E-state index contributed by atoms with van der Waals surface area (Å²) in [6, 6.07) is 1.82. The smallest absolute Gasteiger partial charge is 0.234 e. The van der Waals surface area contributed by atoms with Crippen molar-refractivity contribution in [3.05, 3.63) is 20.8 Å². The van der Waals surface area contributed by atoms with Gasteiger partial charge in [0.25, 0.3) is 0 Å². The lowest BCUT2D eigenvalue weighted by molar-refractivity contribution is -0.122. The van der Waals surface area contributed by atoms with Gasteiger partial charge in [0.05, 0.1) is 6.04 Å². The highest BCUT2D eigenvalue weighted by Crippen LogP contribution is 2.21. The number of halogens is 1. The first-order valence-electron chi connectivity index (χ1n) is 4.23. The Morgan fingerprint density at radius 1 is 1.79 bits per heavy atom. The summed E-state index contributed by atoms with van der Waals surface area (Å²) in [4.78, 5) is 14.1. The Labute approximate surface area is 96.0 Å². The predicted molar refractivity (Wildman–Crippen MR) is 62.1 cm³/mol. The molecule has 1 amide bonds. The molecule has 5 heteroatoms. The molecule has 0 bridgehead atoms. The minimum absolute atomic E-state index is 0.226. The van der Waals surface area contributed by atoms with Crippen molar-refractivity contribution in [3.8, 4) is 0 Å². The largest absolute Gasteiger partial charge is 0.368 e. The summed E-state index contributed by atoms with van der Waals surface area (Å²) in [6.45, 7) is 2.56. The SMILES string of the molecule is C[C@H](C(N)=O)N(C)Cc1cc(Br)cs1. The number of carbonyl (C=O) groups is 1. The van der Waals surface area contributed by atoms with Crippen LogP contribution in [0.1, 0.15) is 11.8 Å². The van der Waals surface area contributed by atoms with Crippen LogP contribution in [0, 0.1) is 0 Å². The summed E-state index contributed by atoms with van der Waals surface area (Å²) in [5.74, 6) is -0.289. The Morgan fingerprint density at radius 3 is 2.86 bits per heavy atom. The van der Waals surface area contributed by atoms with Gasteiger partial charge in [-0.1, -0.05) is 0 Å². The second-order valence-corrected chi connectivity index (χ2v) is 5.14. The number of hydrogen-bond acceptors (Lipinski definition) is 3. The molecule has 1 rings (SSSR count). The van der Waals surface area contributed by atoms with Gasteiger partial charge in [0.2, 0.25) is 5.91 Å². The van der Waals surface area contributed by atoms with Crippen LogP contribution in [0.15, 0.2) is 15.9 Å². The van der Waals surface area contributed by atoms with Gasteiger partial charge in [-0.2, -0.15) is 0 Å². The lowest BCUT2D eigenvalue weighted by atomic mass is 10.3. The number of likely N-dealkylation sites (N-methyl/N-ethyl adjacent to an activating group) is 1. The summed E-state index contributed by atoms with van der Waals surface area (Å²) in [5, 5.41) is 2.03. The summed E-state index contributed by atoms with van der Waals surface area (Å²) in [6.07, 6.45) is 0. The van der Waals surface area contributed by atoms with Crippen LogP contribution in [-0.2, 0) is 11.3 Å². The van der Waals surface area contributed by atoms with Gasteiger partial charge in [-0.3, -0.25) is 9.69 Å². The molecule has 0 spiro atoms. The fourth-order valence-electron chi connectivity index (χ4n) is 1.04. The molecular weight excluding hydrogens is 264 g/mol. The molecule has 78 valence electrons. The highest BCUT2D eigenvalue weighted by Gasteiger charge is 2.15. The van der Waals surface area contributed by atoms with Crippen molar-refractivity contribution < 1.29 is 4.79 Å². The predicted octanol–water partition coefficient (Wildman–Crippen LogP) is 1.82. The molecule has 0 saturated heterocycles. The van der Waals surface area contributed by atoms with E-state index < -0.39 is 0 Å². The fourth-order valence-corrected chi connectivity index (χ4v) is 2.55. The topological polar surface area (TPSA) is 46.3 Å². The van der Waals surface area contributed by atoms with Crippen molar-refractivity contribution in [2.24, 2.45) is 5.73 Å². The van der Waals surface area contributed by atoms with E-state index in [4.69, 9.17) is 5.73 Å². The van der Waals surface area contributed by atoms with Crippen molar-refractivity contribution in [3.63, 3.8) is 0 Å². The molecule has 0 fully saturated rings. The van der Waals surface area contributed by atoms with Gasteiger partial charge < -0.3 is 5.73 Å². The maximum atomic E-state index is 10.9. The first kappa shape index (κ1) is 11.7. The number of hydrogen-bond donors (Lipinski definition) is 1. The van der Waals surface area contributed by atoms with Crippen molar-refractivity contribution in [1.29, 1.82) is 0 Å². The van der Waals surface area contributed by atoms with Crippen LogP contribution in [0.3, 0.4) is 0 Å². The quantitative estimate of drug-likeness (QED) is 0.912. The average Bonchev–Trinajstić information content (AvgIpc) is 2.49. The highest BCUT2D eigenvalue weighted by atomic mass is 79.9. The minimum atomic E-state index is -0.289. The molecule has 0 unspecified atom stereocenters. The molecule has 0 aliphatic rings. The Bertz CT molecular complexity index is 326. The number of nitrogens with zero attached hydrogens (tertiary/aromatic N) is 1. The van der Waals surface area contributed by atoms with Crippen LogP contribution in [-0.4, -0.2) is 23.9 Å². The van der Waals surface area contributed by atoms with E-state index in [9.17, 15) is 4.79 Å². The molecule has 0 aromatic carbocycles. The lowest BCUT2D eigenvalue weighted by Gasteiger charge is -2.20. The number of thiophene rings is 1. The number of nitrogens with two attached hydrogens (primary N) is 1. The van der Waals surface area contributed by atoms with Crippen LogP contribution < -0.4 is 5.73 Å². The van der Waals surface area contributed by atoms with E-state index in [2.05, 4.69) is 22.0 Å². The van der Waals surface area contributed by atoms with E-state index in [1.807, 2.05) is 24.3 Å². The Balaban J connectivity index is 2.56. The number of carbonyl (C=O) groups excluding carboxylic acids is 1. The van der Waals surface area contributed by atoms with Gasteiger partial charge in [0.15, 0.2) is 0 Å². The zero-order chi connectivity index (χ0) is 10.7. The van der Waals surface area contributed by atoms with Crippen molar-refractivity contribution in [2.75, 3.05) is 7.05 Å². The molecule has 0 aliphatic heterocycles. The highest BCUT2D eigenvalue weighted by molar-refractivity contribution is 9.10. The molecule has 1 aromatic rings. The summed E-state index contributed by atoms with van der Waals surface area (Å²) >= 11 is 5.05.